The second-order valence-electron chi connectivity index (χ2n) is 3.73. The zero-order valence-corrected chi connectivity index (χ0v) is 10.9. The minimum absolute atomic E-state index is 0.142. The molecule has 0 aliphatic carbocycles. The van der Waals surface area contributed by atoms with Gasteiger partial charge in [-0.15, -0.1) is 11.3 Å². The molecule has 3 N–H and O–H groups in total. The summed E-state index contributed by atoms with van der Waals surface area (Å²) in [6.45, 7) is 0.384. The fraction of sp³-hybridized carbons (Fsp3) is 0.167. The fourth-order valence-electron chi connectivity index (χ4n) is 1.66. The van der Waals surface area contributed by atoms with Crippen LogP contribution in [-0.2, 0) is 6.42 Å². The third-order valence-electron chi connectivity index (χ3n) is 2.52. The molecule has 0 fully saturated rings. The standard InChI is InChI=1S/C12H13N3O3S/c13-14-10-4-1-5-11(12(10)15(16)17)18-7-6-9-3-2-8-19-9/h1-5,8,14H,6-7,13H2. The molecule has 19 heavy (non-hydrogen) atoms. The van der Waals surface area contributed by atoms with Gasteiger partial charge >= 0.3 is 5.69 Å². The van der Waals surface area contributed by atoms with E-state index in [1.807, 2.05) is 17.5 Å². The Morgan fingerprint density at radius 2 is 2.21 bits per heavy atom. The Labute approximate surface area is 113 Å². The van der Waals surface area contributed by atoms with Crippen molar-refractivity contribution in [2.45, 2.75) is 6.42 Å². The van der Waals surface area contributed by atoms with Crippen molar-refractivity contribution in [2.24, 2.45) is 5.84 Å². The molecule has 100 valence electrons. The molecule has 0 saturated carbocycles. The Morgan fingerprint density at radius 3 is 2.84 bits per heavy atom. The maximum atomic E-state index is 11.0. The van der Waals surface area contributed by atoms with Crippen molar-refractivity contribution >= 4 is 22.7 Å². The second kappa shape index (κ2) is 6.17. The van der Waals surface area contributed by atoms with Gasteiger partial charge in [0.1, 0.15) is 5.69 Å². The first-order chi connectivity index (χ1) is 9.22. The molecule has 0 atom stereocenters. The summed E-state index contributed by atoms with van der Waals surface area (Å²) < 4.78 is 5.48. The van der Waals surface area contributed by atoms with Gasteiger partial charge in [0.15, 0.2) is 5.75 Å². The van der Waals surface area contributed by atoms with Crippen LogP contribution in [0.15, 0.2) is 35.7 Å². The summed E-state index contributed by atoms with van der Waals surface area (Å²) in [7, 11) is 0. The highest BCUT2D eigenvalue weighted by atomic mass is 32.1. The lowest BCUT2D eigenvalue weighted by atomic mass is 10.2. The highest BCUT2D eigenvalue weighted by molar-refractivity contribution is 7.09. The summed E-state index contributed by atoms with van der Waals surface area (Å²) in [5.74, 6) is 5.47. The summed E-state index contributed by atoms with van der Waals surface area (Å²) in [4.78, 5) is 11.7. The molecule has 0 saturated heterocycles. The number of ether oxygens (including phenoxy) is 1. The number of anilines is 1. The number of nitrogen functional groups attached to an aromatic ring is 1. The van der Waals surface area contributed by atoms with E-state index >= 15 is 0 Å². The monoisotopic (exact) mass is 279 g/mol. The van der Waals surface area contributed by atoms with Gasteiger partial charge in [-0.05, 0) is 23.6 Å². The molecular weight excluding hydrogens is 266 g/mol. The molecule has 0 aliphatic heterocycles. The summed E-state index contributed by atoms with van der Waals surface area (Å²) in [6, 6.07) is 8.71. The van der Waals surface area contributed by atoms with Crippen LogP contribution in [-0.4, -0.2) is 11.5 Å². The number of nitro groups is 1. The van der Waals surface area contributed by atoms with Crippen LogP contribution in [0.4, 0.5) is 11.4 Å². The van der Waals surface area contributed by atoms with Gasteiger partial charge in [0.2, 0.25) is 0 Å². The third kappa shape index (κ3) is 3.21. The van der Waals surface area contributed by atoms with Crippen molar-refractivity contribution in [3.05, 3.63) is 50.7 Å². The van der Waals surface area contributed by atoms with Crippen LogP contribution >= 0.6 is 11.3 Å². The van der Waals surface area contributed by atoms with E-state index in [0.29, 0.717) is 6.61 Å². The lowest BCUT2D eigenvalue weighted by Crippen LogP contribution is -2.10. The molecule has 2 aromatic rings. The normalized spacial score (nSPS) is 10.2. The number of hydrogen-bond donors (Lipinski definition) is 2. The number of nitrogens with one attached hydrogen (secondary N) is 1. The Morgan fingerprint density at radius 1 is 1.37 bits per heavy atom. The van der Waals surface area contributed by atoms with Gasteiger partial charge in [0, 0.05) is 11.3 Å². The van der Waals surface area contributed by atoms with E-state index in [9.17, 15) is 10.1 Å². The van der Waals surface area contributed by atoms with Crippen LogP contribution in [0.5, 0.6) is 5.75 Å². The van der Waals surface area contributed by atoms with Gasteiger partial charge in [-0.25, -0.2) is 0 Å². The number of hydrogen-bond acceptors (Lipinski definition) is 6. The predicted octanol–water partition coefficient (Wildman–Crippen LogP) is 2.56. The van der Waals surface area contributed by atoms with Crippen LogP contribution in [0.3, 0.4) is 0 Å². The van der Waals surface area contributed by atoms with Gasteiger partial charge in [0.05, 0.1) is 11.5 Å². The van der Waals surface area contributed by atoms with Crippen LogP contribution < -0.4 is 16.0 Å². The minimum atomic E-state index is -0.504. The molecule has 2 rings (SSSR count). The molecule has 0 bridgehead atoms. The lowest BCUT2D eigenvalue weighted by molar-refractivity contribution is -0.385. The Kier molecular flexibility index (Phi) is 4.32. The zero-order valence-electron chi connectivity index (χ0n) is 10.0. The maximum Gasteiger partial charge on any atom is 0.335 e. The van der Waals surface area contributed by atoms with Gasteiger partial charge in [0.25, 0.3) is 0 Å². The molecule has 0 amide bonds. The van der Waals surface area contributed by atoms with Gasteiger partial charge < -0.3 is 10.2 Å². The Balaban J connectivity index is 2.09. The van der Waals surface area contributed by atoms with Gasteiger partial charge in [-0.1, -0.05) is 12.1 Å². The SMILES string of the molecule is NNc1cccc(OCCc2cccs2)c1[N+](=O)[O-]. The molecule has 0 aliphatic rings. The van der Waals surface area contributed by atoms with E-state index in [-0.39, 0.29) is 17.1 Å². The topological polar surface area (TPSA) is 90.4 Å². The molecule has 1 heterocycles. The summed E-state index contributed by atoms with van der Waals surface area (Å²) in [5, 5.41) is 13.0. The van der Waals surface area contributed by atoms with E-state index in [2.05, 4.69) is 5.43 Å². The highest BCUT2D eigenvalue weighted by Gasteiger charge is 2.20. The largest absolute Gasteiger partial charge is 0.486 e. The first kappa shape index (κ1) is 13.3. The van der Waals surface area contributed by atoms with E-state index < -0.39 is 4.92 Å². The van der Waals surface area contributed by atoms with Crippen LogP contribution in [0, 0.1) is 10.1 Å². The smallest absolute Gasteiger partial charge is 0.335 e. The van der Waals surface area contributed by atoms with Crippen molar-refractivity contribution < 1.29 is 9.66 Å². The second-order valence-corrected chi connectivity index (χ2v) is 4.76. The van der Waals surface area contributed by atoms with Crippen molar-refractivity contribution in [1.82, 2.24) is 0 Å². The molecule has 0 unspecified atom stereocenters. The predicted molar refractivity (Wildman–Crippen MR) is 74.4 cm³/mol. The molecule has 6 nitrogen and oxygen atoms in total. The summed E-state index contributed by atoms with van der Waals surface area (Å²) in [6.07, 6.45) is 0.717. The minimum Gasteiger partial charge on any atom is -0.486 e. The molecular formula is C12H13N3O3S. The third-order valence-corrected chi connectivity index (χ3v) is 3.46. The highest BCUT2D eigenvalue weighted by Crippen LogP contribution is 2.34. The first-order valence-electron chi connectivity index (χ1n) is 5.61. The van der Waals surface area contributed by atoms with Crippen LogP contribution in [0.1, 0.15) is 4.88 Å². The Bertz CT molecular complexity index is 557. The van der Waals surface area contributed by atoms with Crippen molar-refractivity contribution in [2.75, 3.05) is 12.0 Å². The van der Waals surface area contributed by atoms with Crippen LogP contribution in [0.2, 0.25) is 0 Å². The molecule has 1 aromatic heterocycles. The zero-order chi connectivity index (χ0) is 13.7. The van der Waals surface area contributed by atoms with Crippen LogP contribution in [0.25, 0.3) is 0 Å². The average Bonchev–Trinajstić information content (AvgIpc) is 2.91. The number of hydrazine groups is 1. The summed E-state index contributed by atoms with van der Waals surface area (Å²) >= 11 is 1.63. The maximum absolute atomic E-state index is 11.0. The number of nitro benzene ring substituents is 1. The van der Waals surface area contributed by atoms with E-state index in [0.717, 1.165) is 6.42 Å². The van der Waals surface area contributed by atoms with Gasteiger partial charge in [-0.3, -0.25) is 16.0 Å². The fourth-order valence-corrected chi connectivity index (χ4v) is 2.35. The average molecular weight is 279 g/mol. The quantitative estimate of drug-likeness (QED) is 0.482. The molecule has 7 heteroatoms. The van der Waals surface area contributed by atoms with Crippen molar-refractivity contribution in [3.63, 3.8) is 0 Å². The van der Waals surface area contributed by atoms with Crippen molar-refractivity contribution in [1.29, 1.82) is 0 Å². The molecule has 1 aromatic carbocycles. The number of thiophene rings is 1. The number of nitrogens with two attached hydrogens (primary N) is 1. The number of para-hydroxylation sites is 1. The van der Waals surface area contributed by atoms with E-state index in [1.54, 1.807) is 23.5 Å². The molecule has 0 radical (unpaired) electrons. The molecule has 0 spiro atoms. The van der Waals surface area contributed by atoms with Gasteiger partial charge in [-0.2, -0.15) is 0 Å². The van der Waals surface area contributed by atoms with Crippen molar-refractivity contribution in [3.8, 4) is 5.75 Å². The number of benzene rings is 1. The number of nitrogens with zero attached hydrogens (tertiary/aromatic N) is 1. The first-order valence-corrected chi connectivity index (χ1v) is 6.49. The van der Waals surface area contributed by atoms with E-state index in [1.165, 1.54) is 10.9 Å². The Hall–Kier alpha value is -2.12. The lowest BCUT2D eigenvalue weighted by Gasteiger charge is -2.08. The summed E-state index contributed by atoms with van der Waals surface area (Å²) in [5.41, 5.74) is 2.39. The number of rotatable bonds is 6. The van der Waals surface area contributed by atoms with E-state index in [4.69, 9.17) is 10.6 Å².